The predicted octanol–water partition coefficient (Wildman–Crippen LogP) is 1.67. The largest absolute Gasteiger partial charge is 0.395 e. The Kier molecular flexibility index (Phi) is 5.79. The van der Waals surface area contributed by atoms with Crippen molar-refractivity contribution in [2.45, 2.75) is 25.4 Å². The number of aliphatic hydroxyl groups excluding tert-OH is 1. The summed E-state index contributed by atoms with van der Waals surface area (Å²) in [6.07, 6.45) is 2.49. The summed E-state index contributed by atoms with van der Waals surface area (Å²) in [5.41, 5.74) is 1.47. The molecule has 0 spiro atoms. The molecule has 0 radical (unpaired) electrons. The predicted molar refractivity (Wildman–Crippen MR) is 81.0 cm³/mol. The molecule has 0 aliphatic carbocycles. The van der Waals surface area contributed by atoms with E-state index in [1.807, 2.05) is 29.2 Å². The zero-order valence-electron chi connectivity index (χ0n) is 12.3. The number of methoxy groups -OCH3 is 1. The first-order chi connectivity index (χ1) is 10.2. The van der Waals surface area contributed by atoms with Crippen molar-refractivity contribution in [3.63, 3.8) is 0 Å². The average Bonchev–Trinajstić information content (AvgIpc) is 2.55. The SMILES string of the molecule is COC1CCN(C(=O)c2cccc(C#CCCO)c2)CC1. The minimum Gasteiger partial charge on any atom is -0.395 e. The summed E-state index contributed by atoms with van der Waals surface area (Å²) < 4.78 is 5.32. The number of likely N-dealkylation sites (tertiary alicyclic amines) is 1. The molecular weight excluding hydrogens is 266 g/mol. The Morgan fingerprint density at radius 1 is 1.43 bits per heavy atom. The minimum atomic E-state index is 0.0513. The zero-order valence-corrected chi connectivity index (χ0v) is 12.3. The van der Waals surface area contributed by atoms with E-state index in [4.69, 9.17) is 9.84 Å². The molecule has 1 aliphatic rings. The molecule has 4 heteroatoms. The van der Waals surface area contributed by atoms with Crippen molar-refractivity contribution in [1.29, 1.82) is 0 Å². The molecule has 4 nitrogen and oxygen atoms in total. The molecule has 1 heterocycles. The third-order valence-corrected chi connectivity index (χ3v) is 3.64. The fourth-order valence-electron chi connectivity index (χ4n) is 2.43. The maximum atomic E-state index is 12.5. The molecule has 1 aromatic rings. The third kappa shape index (κ3) is 4.32. The van der Waals surface area contributed by atoms with Crippen LogP contribution in [0.2, 0.25) is 0 Å². The summed E-state index contributed by atoms with van der Waals surface area (Å²) in [5.74, 6) is 5.88. The van der Waals surface area contributed by atoms with Crippen LogP contribution in [0.4, 0.5) is 0 Å². The highest BCUT2D eigenvalue weighted by molar-refractivity contribution is 5.94. The quantitative estimate of drug-likeness (QED) is 0.860. The number of benzene rings is 1. The van der Waals surface area contributed by atoms with Crippen molar-refractivity contribution in [1.82, 2.24) is 4.90 Å². The molecule has 1 saturated heterocycles. The number of aliphatic hydroxyl groups is 1. The Morgan fingerprint density at radius 3 is 2.86 bits per heavy atom. The molecule has 1 aliphatic heterocycles. The summed E-state index contributed by atoms with van der Waals surface area (Å²) in [5, 5.41) is 8.73. The van der Waals surface area contributed by atoms with Crippen LogP contribution in [-0.4, -0.2) is 48.8 Å². The smallest absolute Gasteiger partial charge is 0.253 e. The van der Waals surface area contributed by atoms with E-state index < -0.39 is 0 Å². The van der Waals surface area contributed by atoms with Crippen LogP contribution in [0.1, 0.15) is 35.2 Å². The molecule has 1 fully saturated rings. The second-order valence-corrected chi connectivity index (χ2v) is 5.08. The third-order valence-electron chi connectivity index (χ3n) is 3.64. The van der Waals surface area contributed by atoms with Crippen molar-refractivity contribution in [2.75, 3.05) is 26.8 Å². The fraction of sp³-hybridized carbons (Fsp3) is 0.471. The molecule has 0 aromatic heterocycles. The highest BCUT2D eigenvalue weighted by atomic mass is 16.5. The number of carbonyl (C=O) groups excluding carboxylic acids is 1. The van der Waals surface area contributed by atoms with Gasteiger partial charge in [0.2, 0.25) is 0 Å². The van der Waals surface area contributed by atoms with Crippen LogP contribution in [-0.2, 0) is 4.74 Å². The Morgan fingerprint density at radius 2 is 2.19 bits per heavy atom. The van der Waals surface area contributed by atoms with Gasteiger partial charge in [-0.1, -0.05) is 17.9 Å². The number of amides is 1. The van der Waals surface area contributed by atoms with E-state index in [1.165, 1.54) is 0 Å². The first kappa shape index (κ1) is 15.6. The molecule has 2 rings (SSSR count). The van der Waals surface area contributed by atoms with Gasteiger partial charge in [0.25, 0.3) is 5.91 Å². The van der Waals surface area contributed by atoms with Gasteiger partial charge >= 0.3 is 0 Å². The van der Waals surface area contributed by atoms with Gasteiger partial charge in [-0.25, -0.2) is 0 Å². The number of carbonyl (C=O) groups is 1. The van der Waals surface area contributed by atoms with E-state index in [-0.39, 0.29) is 18.6 Å². The Hall–Kier alpha value is -1.83. The van der Waals surface area contributed by atoms with Gasteiger partial charge in [-0.3, -0.25) is 4.79 Å². The number of nitrogens with zero attached hydrogens (tertiary/aromatic N) is 1. The van der Waals surface area contributed by atoms with Gasteiger partial charge in [0.15, 0.2) is 0 Å². The van der Waals surface area contributed by atoms with E-state index in [0.29, 0.717) is 12.0 Å². The van der Waals surface area contributed by atoms with Gasteiger partial charge in [-0.05, 0) is 31.0 Å². The van der Waals surface area contributed by atoms with E-state index in [9.17, 15) is 4.79 Å². The molecule has 1 N–H and O–H groups in total. The van der Waals surface area contributed by atoms with Gasteiger partial charge in [0.05, 0.1) is 12.7 Å². The average molecular weight is 287 g/mol. The summed E-state index contributed by atoms with van der Waals surface area (Å²) >= 11 is 0. The molecule has 1 aromatic carbocycles. The van der Waals surface area contributed by atoms with Gasteiger partial charge < -0.3 is 14.7 Å². The lowest BCUT2D eigenvalue weighted by molar-refractivity contribution is 0.0351. The van der Waals surface area contributed by atoms with Gasteiger partial charge in [-0.15, -0.1) is 0 Å². The normalized spacial score (nSPS) is 15.4. The number of ether oxygens (including phenoxy) is 1. The van der Waals surface area contributed by atoms with Gasteiger partial charge in [-0.2, -0.15) is 0 Å². The molecule has 0 saturated carbocycles. The second kappa shape index (κ2) is 7.82. The minimum absolute atomic E-state index is 0.0513. The van der Waals surface area contributed by atoms with Crippen LogP contribution in [0.3, 0.4) is 0 Å². The zero-order chi connectivity index (χ0) is 15.1. The van der Waals surface area contributed by atoms with E-state index in [1.54, 1.807) is 7.11 Å². The summed E-state index contributed by atoms with van der Waals surface area (Å²) in [4.78, 5) is 14.3. The van der Waals surface area contributed by atoms with E-state index in [0.717, 1.165) is 31.5 Å². The first-order valence-corrected chi connectivity index (χ1v) is 7.26. The monoisotopic (exact) mass is 287 g/mol. The van der Waals surface area contributed by atoms with Crippen LogP contribution < -0.4 is 0 Å². The van der Waals surface area contributed by atoms with Crippen molar-refractivity contribution in [2.24, 2.45) is 0 Å². The van der Waals surface area contributed by atoms with Gasteiger partial charge in [0.1, 0.15) is 0 Å². The van der Waals surface area contributed by atoms with E-state index >= 15 is 0 Å². The van der Waals surface area contributed by atoms with Crippen LogP contribution in [0, 0.1) is 11.8 Å². The number of rotatable bonds is 3. The maximum absolute atomic E-state index is 12.5. The number of hydrogen-bond donors (Lipinski definition) is 1. The number of piperidine rings is 1. The lowest BCUT2D eigenvalue weighted by Crippen LogP contribution is -2.40. The molecule has 0 unspecified atom stereocenters. The lowest BCUT2D eigenvalue weighted by atomic mass is 10.1. The van der Waals surface area contributed by atoms with Crippen LogP contribution in [0.15, 0.2) is 24.3 Å². The summed E-state index contributed by atoms with van der Waals surface area (Å²) in [6.45, 7) is 1.52. The van der Waals surface area contributed by atoms with Gasteiger partial charge in [0, 0.05) is 37.7 Å². The summed E-state index contributed by atoms with van der Waals surface area (Å²) in [7, 11) is 1.72. The Balaban J connectivity index is 2.03. The Bertz CT molecular complexity index is 536. The van der Waals surface area contributed by atoms with Crippen molar-refractivity contribution in [3.05, 3.63) is 35.4 Å². The highest BCUT2D eigenvalue weighted by Crippen LogP contribution is 2.16. The van der Waals surface area contributed by atoms with Crippen molar-refractivity contribution in [3.8, 4) is 11.8 Å². The summed E-state index contributed by atoms with van der Waals surface area (Å²) in [6, 6.07) is 7.35. The second-order valence-electron chi connectivity index (χ2n) is 5.08. The highest BCUT2D eigenvalue weighted by Gasteiger charge is 2.23. The number of hydrogen-bond acceptors (Lipinski definition) is 3. The molecular formula is C17H21NO3. The molecule has 21 heavy (non-hydrogen) atoms. The van der Waals surface area contributed by atoms with Crippen LogP contribution in [0.5, 0.6) is 0 Å². The maximum Gasteiger partial charge on any atom is 0.253 e. The topological polar surface area (TPSA) is 49.8 Å². The van der Waals surface area contributed by atoms with Crippen LogP contribution >= 0.6 is 0 Å². The van der Waals surface area contributed by atoms with Crippen LogP contribution in [0.25, 0.3) is 0 Å². The molecule has 112 valence electrons. The van der Waals surface area contributed by atoms with Crippen molar-refractivity contribution < 1.29 is 14.6 Å². The first-order valence-electron chi connectivity index (χ1n) is 7.26. The fourth-order valence-corrected chi connectivity index (χ4v) is 2.43. The molecule has 0 bridgehead atoms. The molecule has 0 atom stereocenters. The standard InChI is InChI=1S/C17H21NO3/c1-21-16-8-10-18(11-9-16)17(20)15-7-4-6-14(13-15)5-2-3-12-19/h4,6-7,13,16,19H,3,8-12H2,1H3. The van der Waals surface area contributed by atoms with Crippen molar-refractivity contribution >= 4 is 5.91 Å². The lowest BCUT2D eigenvalue weighted by Gasteiger charge is -2.31. The Labute approximate surface area is 125 Å². The molecule has 1 amide bonds. The van der Waals surface area contributed by atoms with E-state index in [2.05, 4.69) is 11.8 Å².